The molecule has 1 aliphatic rings. The summed E-state index contributed by atoms with van der Waals surface area (Å²) >= 11 is 12.1. The molecule has 0 unspecified atom stereocenters. The van der Waals surface area contributed by atoms with Gasteiger partial charge in [0.05, 0.1) is 15.7 Å². The van der Waals surface area contributed by atoms with Crippen molar-refractivity contribution in [3.05, 3.63) is 63.6 Å². The Morgan fingerprint density at radius 2 is 1.73 bits per heavy atom. The number of rotatable bonds is 3. The molecular formula is C20H20Cl2N2O2. The number of halogens is 2. The van der Waals surface area contributed by atoms with Crippen molar-refractivity contribution in [3.63, 3.8) is 0 Å². The van der Waals surface area contributed by atoms with Gasteiger partial charge in [-0.15, -0.1) is 0 Å². The minimum absolute atomic E-state index is 0.206. The van der Waals surface area contributed by atoms with Gasteiger partial charge in [-0.2, -0.15) is 0 Å². The van der Waals surface area contributed by atoms with E-state index < -0.39 is 11.3 Å². The zero-order chi connectivity index (χ0) is 18.9. The number of hydrogen-bond acceptors (Lipinski definition) is 2. The Balaban J connectivity index is 1.76. The van der Waals surface area contributed by atoms with Gasteiger partial charge in [0.25, 0.3) is 0 Å². The smallest absolute Gasteiger partial charge is 0.239 e. The third-order valence-electron chi connectivity index (χ3n) is 4.72. The fourth-order valence-electron chi connectivity index (χ4n) is 3.04. The van der Waals surface area contributed by atoms with E-state index in [0.717, 1.165) is 12.0 Å². The van der Waals surface area contributed by atoms with E-state index in [2.05, 4.69) is 11.4 Å². The number of fused-ring (bicyclic) bond motifs is 1. The molecule has 2 aromatic carbocycles. The van der Waals surface area contributed by atoms with Crippen LogP contribution >= 0.6 is 23.2 Å². The Morgan fingerprint density at radius 1 is 1.04 bits per heavy atom. The second-order valence-electron chi connectivity index (χ2n) is 6.93. The monoisotopic (exact) mass is 390 g/mol. The van der Waals surface area contributed by atoms with Crippen LogP contribution in [0.15, 0.2) is 42.5 Å². The number of anilines is 1. The zero-order valence-electron chi connectivity index (χ0n) is 14.7. The second kappa shape index (κ2) is 7.29. The highest BCUT2D eigenvalue weighted by Crippen LogP contribution is 2.32. The average Bonchev–Trinajstić information content (AvgIpc) is 2.64. The maximum absolute atomic E-state index is 13.0. The van der Waals surface area contributed by atoms with Crippen LogP contribution in [-0.4, -0.2) is 23.3 Å². The second-order valence-corrected chi connectivity index (χ2v) is 7.71. The molecule has 0 saturated carbocycles. The van der Waals surface area contributed by atoms with Gasteiger partial charge < -0.3 is 10.2 Å². The summed E-state index contributed by atoms with van der Waals surface area (Å²) < 4.78 is 0. The van der Waals surface area contributed by atoms with E-state index in [1.165, 1.54) is 5.56 Å². The lowest BCUT2D eigenvalue weighted by Gasteiger charge is -2.34. The van der Waals surface area contributed by atoms with Crippen molar-refractivity contribution in [2.75, 3.05) is 11.9 Å². The van der Waals surface area contributed by atoms with Gasteiger partial charge >= 0.3 is 0 Å². The molecular weight excluding hydrogens is 371 g/mol. The van der Waals surface area contributed by atoms with E-state index in [4.69, 9.17) is 23.2 Å². The van der Waals surface area contributed by atoms with Crippen LogP contribution in [0.4, 0.5) is 5.69 Å². The van der Waals surface area contributed by atoms with E-state index >= 15 is 0 Å². The highest BCUT2D eigenvalue weighted by Gasteiger charge is 2.40. The Morgan fingerprint density at radius 3 is 2.46 bits per heavy atom. The predicted octanol–water partition coefficient (Wildman–Crippen LogP) is 4.54. The van der Waals surface area contributed by atoms with Gasteiger partial charge in [0.15, 0.2) is 0 Å². The van der Waals surface area contributed by atoms with Crippen LogP contribution in [-0.2, 0) is 22.6 Å². The maximum atomic E-state index is 13.0. The normalized spacial score (nSPS) is 13.9. The Kier molecular flexibility index (Phi) is 5.26. The predicted molar refractivity (Wildman–Crippen MR) is 104 cm³/mol. The van der Waals surface area contributed by atoms with Crippen molar-refractivity contribution in [1.29, 1.82) is 0 Å². The number of nitrogens with one attached hydrogen (secondary N) is 1. The molecule has 3 rings (SSSR count). The molecule has 0 bridgehead atoms. The van der Waals surface area contributed by atoms with Gasteiger partial charge in [-0.25, -0.2) is 0 Å². The number of carbonyl (C=O) groups excluding carboxylic acids is 2. The molecule has 0 fully saturated rings. The molecule has 26 heavy (non-hydrogen) atoms. The Labute approximate surface area is 163 Å². The summed E-state index contributed by atoms with van der Waals surface area (Å²) in [5, 5.41) is 3.34. The topological polar surface area (TPSA) is 49.4 Å². The number of nitrogens with zero attached hydrogens (tertiary/aromatic N) is 1. The summed E-state index contributed by atoms with van der Waals surface area (Å²) in [5.74, 6) is -0.617. The number of hydrogen-bond donors (Lipinski definition) is 1. The van der Waals surface area contributed by atoms with Crippen molar-refractivity contribution < 1.29 is 9.59 Å². The van der Waals surface area contributed by atoms with Crippen molar-refractivity contribution in [2.45, 2.75) is 26.8 Å². The summed E-state index contributed by atoms with van der Waals surface area (Å²) in [5.41, 5.74) is 1.55. The molecule has 0 spiro atoms. The third kappa shape index (κ3) is 3.57. The van der Waals surface area contributed by atoms with Crippen molar-refractivity contribution in [3.8, 4) is 0 Å². The molecule has 6 heteroatoms. The van der Waals surface area contributed by atoms with Crippen LogP contribution in [0.5, 0.6) is 0 Å². The Bertz CT molecular complexity index is 865. The largest absolute Gasteiger partial charge is 0.337 e. The van der Waals surface area contributed by atoms with Crippen LogP contribution in [0.25, 0.3) is 0 Å². The first kappa shape index (κ1) is 18.7. The standard InChI is InChI=1S/C20H20Cl2N2O2/c1-20(2,18(25)23-16-9-5-8-15(21)17(16)22)19(26)24-11-10-13-6-3-4-7-14(13)12-24/h3-9H,10-12H2,1-2H3,(H,23,25). The maximum Gasteiger partial charge on any atom is 0.239 e. The minimum atomic E-state index is -1.22. The highest BCUT2D eigenvalue weighted by atomic mass is 35.5. The van der Waals surface area contributed by atoms with Crippen LogP contribution in [0.3, 0.4) is 0 Å². The average molecular weight is 391 g/mol. The van der Waals surface area contributed by atoms with Gasteiger partial charge in [0.2, 0.25) is 11.8 Å². The van der Waals surface area contributed by atoms with E-state index in [-0.39, 0.29) is 10.9 Å². The van der Waals surface area contributed by atoms with E-state index in [1.807, 2.05) is 18.2 Å². The first-order valence-corrected chi connectivity index (χ1v) is 9.18. The number of benzene rings is 2. The lowest BCUT2D eigenvalue weighted by Crippen LogP contribution is -2.48. The molecule has 1 heterocycles. The zero-order valence-corrected chi connectivity index (χ0v) is 16.2. The molecule has 4 nitrogen and oxygen atoms in total. The molecule has 2 aromatic rings. The number of carbonyl (C=O) groups is 2. The van der Waals surface area contributed by atoms with Crippen LogP contribution in [0.2, 0.25) is 10.0 Å². The fourth-order valence-corrected chi connectivity index (χ4v) is 3.39. The molecule has 1 N–H and O–H groups in total. The van der Waals surface area contributed by atoms with Gasteiger partial charge in [-0.3, -0.25) is 9.59 Å². The molecule has 136 valence electrons. The molecule has 0 aliphatic carbocycles. The van der Waals surface area contributed by atoms with Crippen LogP contribution < -0.4 is 5.32 Å². The molecule has 0 radical (unpaired) electrons. The summed E-state index contributed by atoms with van der Waals surface area (Å²) in [6, 6.07) is 13.1. The third-order valence-corrected chi connectivity index (χ3v) is 5.54. The van der Waals surface area contributed by atoms with Crippen molar-refractivity contribution in [2.24, 2.45) is 5.41 Å². The molecule has 1 aliphatic heterocycles. The van der Waals surface area contributed by atoms with Gasteiger partial charge in [0.1, 0.15) is 5.41 Å². The SMILES string of the molecule is CC(C)(C(=O)Nc1cccc(Cl)c1Cl)C(=O)N1CCc2ccccc2C1. The van der Waals surface area contributed by atoms with Gasteiger partial charge in [0, 0.05) is 13.1 Å². The van der Waals surface area contributed by atoms with Crippen LogP contribution in [0, 0.1) is 5.41 Å². The summed E-state index contributed by atoms with van der Waals surface area (Å²) in [4.78, 5) is 27.5. The van der Waals surface area contributed by atoms with E-state index in [0.29, 0.717) is 23.8 Å². The van der Waals surface area contributed by atoms with Gasteiger partial charge in [-0.05, 0) is 43.5 Å². The van der Waals surface area contributed by atoms with Crippen molar-refractivity contribution in [1.82, 2.24) is 4.90 Å². The van der Waals surface area contributed by atoms with Gasteiger partial charge in [-0.1, -0.05) is 53.5 Å². The lowest BCUT2D eigenvalue weighted by atomic mass is 9.88. The lowest BCUT2D eigenvalue weighted by molar-refractivity contribution is -0.147. The quantitative estimate of drug-likeness (QED) is 0.781. The van der Waals surface area contributed by atoms with E-state index in [9.17, 15) is 9.59 Å². The van der Waals surface area contributed by atoms with E-state index in [1.54, 1.807) is 36.9 Å². The summed E-state index contributed by atoms with van der Waals surface area (Å²) in [7, 11) is 0. The molecule has 0 aromatic heterocycles. The van der Waals surface area contributed by atoms with Crippen LogP contribution in [0.1, 0.15) is 25.0 Å². The Hall–Kier alpha value is -2.04. The molecule has 0 atom stereocenters. The summed E-state index contributed by atoms with van der Waals surface area (Å²) in [6.45, 7) is 4.38. The van der Waals surface area contributed by atoms with Crippen molar-refractivity contribution >= 4 is 40.7 Å². The fraction of sp³-hybridized carbons (Fsp3) is 0.300. The first-order valence-electron chi connectivity index (χ1n) is 8.42. The number of amides is 2. The summed E-state index contributed by atoms with van der Waals surface area (Å²) in [6.07, 6.45) is 0.791. The molecule has 0 saturated heterocycles. The molecule has 2 amide bonds. The highest BCUT2D eigenvalue weighted by molar-refractivity contribution is 6.44. The first-order chi connectivity index (χ1) is 12.3. The minimum Gasteiger partial charge on any atom is -0.337 e.